The van der Waals surface area contributed by atoms with Crippen molar-refractivity contribution >= 4 is 11.9 Å². The third-order valence-electron chi connectivity index (χ3n) is 4.58. The van der Waals surface area contributed by atoms with E-state index < -0.39 is 0 Å². The number of methoxy groups -OCH3 is 1. The van der Waals surface area contributed by atoms with Gasteiger partial charge in [-0.25, -0.2) is 4.98 Å². The fourth-order valence-electron chi connectivity index (χ4n) is 3.02. The molecule has 7 heteroatoms. The molecular weight excluding hydrogens is 306 g/mol. The minimum atomic E-state index is -0.239. The standard InChI is InChI=1S/C17H29N5O2/c1-5-19-17(20-10-14(3)16(23)24-4)21-8-6-13(2)15(11-21)22-9-7-18-12-22/h7,9,12-15H,5-6,8,10-11H2,1-4H3,(H,19,20). The van der Waals surface area contributed by atoms with E-state index in [2.05, 4.69) is 38.6 Å². The number of imidazole rings is 1. The highest BCUT2D eigenvalue weighted by molar-refractivity contribution is 5.80. The number of nitrogens with one attached hydrogen (secondary N) is 1. The molecule has 0 spiro atoms. The molecule has 134 valence electrons. The molecular formula is C17H29N5O2. The molecule has 0 aromatic carbocycles. The van der Waals surface area contributed by atoms with E-state index in [4.69, 9.17) is 4.74 Å². The highest BCUT2D eigenvalue weighted by atomic mass is 16.5. The van der Waals surface area contributed by atoms with Crippen LogP contribution in [0.1, 0.15) is 33.2 Å². The van der Waals surface area contributed by atoms with Gasteiger partial charge in [-0.3, -0.25) is 9.79 Å². The fourth-order valence-corrected chi connectivity index (χ4v) is 3.02. The van der Waals surface area contributed by atoms with Gasteiger partial charge in [0.1, 0.15) is 0 Å². The minimum Gasteiger partial charge on any atom is -0.469 e. The molecule has 0 amide bonds. The summed E-state index contributed by atoms with van der Waals surface area (Å²) in [6.45, 7) is 9.25. The van der Waals surface area contributed by atoms with Crippen LogP contribution in [0.4, 0.5) is 0 Å². The summed E-state index contributed by atoms with van der Waals surface area (Å²) in [6, 6.07) is 0.378. The second kappa shape index (κ2) is 8.70. The quantitative estimate of drug-likeness (QED) is 0.502. The fraction of sp³-hybridized carbons (Fsp3) is 0.706. The number of esters is 1. The lowest BCUT2D eigenvalue weighted by atomic mass is 9.93. The topological polar surface area (TPSA) is 71.8 Å². The predicted molar refractivity (Wildman–Crippen MR) is 93.8 cm³/mol. The van der Waals surface area contributed by atoms with Gasteiger partial charge >= 0.3 is 5.97 Å². The van der Waals surface area contributed by atoms with Gasteiger partial charge in [0.15, 0.2) is 5.96 Å². The van der Waals surface area contributed by atoms with Crippen LogP contribution < -0.4 is 5.32 Å². The minimum absolute atomic E-state index is 0.224. The summed E-state index contributed by atoms with van der Waals surface area (Å²) in [5.41, 5.74) is 0. The third-order valence-corrected chi connectivity index (χ3v) is 4.58. The summed E-state index contributed by atoms with van der Waals surface area (Å²) in [7, 11) is 1.41. The van der Waals surface area contributed by atoms with E-state index in [0.717, 1.165) is 32.0 Å². The average Bonchev–Trinajstić information content (AvgIpc) is 3.12. The van der Waals surface area contributed by atoms with E-state index in [9.17, 15) is 4.79 Å². The summed E-state index contributed by atoms with van der Waals surface area (Å²) >= 11 is 0. The molecule has 3 unspecified atom stereocenters. The van der Waals surface area contributed by atoms with E-state index >= 15 is 0 Å². The molecule has 0 aliphatic carbocycles. The maximum Gasteiger partial charge on any atom is 0.310 e. The summed E-state index contributed by atoms with van der Waals surface area (Å²) in [4.78, 5) is 22.7. The molecule has 1 aliphatic heterocycles. The summed E-state index contributed by atoms with van der Waals surface area (Å²) in [5, 5.41) is 3.34. The first-order valence-corrected chi connectivity index (χ1v) is 8.65. The number of hydrogen-bond acceptors (Lipinski definition) is 4. The Bertz CT molecular complexity index is 543. The van der Waals surface area contributed by atoms with Gasteiger partial charge < -0.3 is 19.5 Å². The maximum absolute atomic E-state index is 11.6. The molecule has 1 aromatic rings. The average molecular weight is 335 g/mol. The number of ether oxygens (including phenoxy) is 1. The van der Waals surface area contributed by atoms with Gasteiger partial charge in [0.05, 0.1) is 31.9 Å². The van der Waals surface area contributed by atoms with Crippen LogP contribution in [0, 0.1) is 11.8 Å². The monoisotopic (exact) mass is 335 g/mol. The van der Waals surface area contributed by atoms with E-state index in [1.54, 1.807) is 0 Å². The van der Waals surface area contributed by atoms with Crippen LogP contribution in [0.5, 0.6) is 0 Å². The highest BCUT2D eigenvalue weighted by Crippen LogP contribution is 2.27. The summed E-state index contributed by atoms with van der Waals surface area (Å²) < 4.78 is 6.96. The van der Waals surface area contributed by atoms with Gasteiger partial charge in [-0.15, -0.1) is 0 Å². The van der Waals surface area contributed by atoms with Crippen molar-refractivity contribution in [2.45, 2.75) is 33.2 Å². The molecule has 7 nitrogen and oxygen atoms in total. The van der Waals surface area contributed by atoms with Gasteiger partial charge in [-0.1, -0.05) is 13.8 Å². The SMILES string of the molecule is CCNC(=NCC(C)C(=O)OC)N1CCC(C)C(n2ccnc2)C1. The lowest BCUT2D eigenvalue weighted by Gasteiger charge is -2.39. The van der Waals surface area contributed by atoms with Gasteiger partial charge in [0.25, 0.3) is 0 Å². The Labute approximate surface area is 144 Å². The third kappa shape index (κ3) is 4.49. The van der Waals surface area contributed by atoms with Crippen molar-refractivity contribution in [3.05, 3.63) is 18.7 Å². The molecule has 24 heavy (non-hydrogen) atoms. The molecule has 1 aromatic heterocycles. The number of carbonyl (C=O) groups excluding carboxylic acids is 1. The summed E-state index contributed by atoms with van der Waals surface area (Å²) in [5.74, 6) is 0.993. The molecule has 3 atom stereocenters. The molecule has 2 heterocycles. The molecule has 2 rings (SSSR count). The lowest BCUT2D eigenvalue weighted by Crippen LogP contribution is -2.49. The van der Waals surface area contributed by atoms with Crippen LogP contribution in [0.3, 0.4) is 0 Å². The van der Waals surface area contributed by atoms with Gasteiger partial charge in [-0.05, 0) is 19.3 Å². The van der Waals surface area contributed by atoms with Crippen molar-refractivity contribution in [3.63, 3.8) is 0 Å². The normalized spacial score (nSPS) is 23.0. The molecule has 1 saturated heterocycles. The first kappa shape index (κ1) is 18.3. The smallest absolute Gasteiger partial charge is 0.310 e. The number of hydrogen-bond donors (Lipinski definition) is 1. The largest absolute Gasteiger partial charge is 0.469 e. The Balaban J connectivity index is 2.08. The van der Waals surface area contributed by atoms with E-state index in [1.807, 2.05) is 25.6 Å². The van der Waals surface area contributed by atoms with Gasteiger partial charge in [0, 0.05) is 32.0 Å². The summed E-state index contributed by atoms with van der Waals surface area (Å²) in [6.07, 6.45) is 6.82. The van der Waals surface area contributed by atoms with Crippen LogP contribution in [0.2, 0.25) is 0 Å². The Hall–Kier alpha value is -2.05. The number of nitrogens with zero attached hydrogens (tertiary/aromatic N) is 4. The number of guanidine groups is 1. The van der Waals surface area contributed by atoms with Crippen LogP contribution in [0.25, 0.3) is 0 Å². The van der Waals surface area contributed by atoms with Gasteiger partial charge in [0.2, 0.25) is 0 Å². The number of carbonyl (C=O) groups is 1. The molecule has 1 fully saturated rings. The van der Waals surface area contributed by atoms with Crippen molar-refractivity contribution in [2.24, 2.45) is 16.8 Å². The zero-order valence-corrected chi connectivity index (χ0v) is 15.1. The number of aromatic nitrogens is 2. The second-order valence-electron chi connectivity index (χ2n) is 6.41. The van der Waals surface area contributed by atoms with Crippen molar-refractivity contribution < 1.29 is 9.53 Å². The maximum atomic E-state index is 11.6. The zero-order valence-electron chi connectivity index (χ0n) is 15.1. The van der Waals surface area contributed by atoms with Crippen LogP contribution >= 0.6 is 0 Å². The lowest BCUT2D eigenvalue weighted by molar-refractivity contribution is -0.144. The number of likely N-dealkylation sites (tertiary alicyclic amines) is 1. The number of aliphatic imine (C=N–C) groups is 1. The molecule has 1 aliphatic rings. The van der Waals surface area contributed by atoms with Crippen LogP contribution in [-0.4, -0.2) is 59.7 Å². The van der Waals surface area contributed by atoms with Crippen LogP contribution in [-0.2, 0) is 9.53 Å². The Kier molecular flexibility index (Phi) is 6.63. The van der Waals surface area contributed by atoms with Crippen molar-refractivity contribution in [3.8, 4) is 0 Å². The number of piperidine rings is 1. The van der Waals surface area contributed by atoms with Crippen LogP contribution in [0.15, 0.2) is 23.7 Å². The van der Waals surface area contributed by atoms with E-state index in [1.165, 1.54) is 7.11 Å². The van der Waals surface area contributed by atoms with Crippen molar-refractivity contribution in [2.75, 3.05) is 33.3 Å². The molecule has 0 radical (unpaired) electrons. The Morgan fingerprint density at radius 1 is 1.54 bits per heavy atom. The Morgan fingerprint density at radius 3 is 2.96 bits per heavy atom. The molecule has 1 N–H and O–H groups in total. The second-order valence-corrected chi connectivity index (χ2v) is 6.41. The Morgan fingerprint density at radius 2 is 2.33 bits per heavy atom. The predicted octanol–water partition coefficient (Wildman–Crippen LogP) is 1.54. The first-order chi connectivity index (χ1) is 11.6. The highest BCUT2D eigenvalue weighted by Gasteiger charge is 2.29. The molecule has 0 saturated carbocycles. The van der Waals surface area contributed by atoms with Crippen molar-refractivity contribution in [1.29, 1.82) is 0 Å². The number of rotatable bonds is 5. The van der Waals surface area contributed by atoms with Gasteiger partial charge in [-0.2, -0.15) is 0 Å². The van der Waals surface area contributed by atoms with E-state index in [-0.39, 0.29) is 11.9 Å². The van der Waals surface area contributed by atoms with Crippen molar-refractivity contribution in [1.82, 2.24) is 19.8 Å². The first-order valence-electron chi connectivity index (χ1n) is 8.65. The van der Waals surface area contributed by atoms with E-state index in [0.29, 0.717) is 18.5 Å². The molecule has 0 bridgehead atoms. The zero-order chi connectivity index (χ0) is 17.5.